The quantitative estimate of drug-likeness (QED) is 0.429. The molecule has 2 saturated heterocycles. The van der Waals surface area contributed by atoms with Gasteiger partial charge in [0.2, 0.25) is 0 Å². The van der Waals surface area contributed by atoms with Crippen molar-refractivity contribution in [1.82, 2.24) is 19.5 Å². The van der Waals surface area contributed by atoms with E-state index in [-0.39, 0.29) is 6.61 Å². The summed E-state index contributed by atoms with van der Waals surface area (Å²) < 4.78 is 29.0. The molecule has 4 heterocycles. The number of unbranched alkanes of at least 4 members (excludes halogenated alkanes) is 5. The van der Waals surface area contributed by atoms with Crippen LogP contribution in [0.4, 0.5) is 5.82 Å². The zero-order valence-corrected chi connectivity index (χ0v) is 18.7. The average Bonchev–Trinajstić information content (AvgIpc) is 3.31. The summed E-state index contributed by atoms with van der Waals surface area (Å²) in [6.45, 7) is 2.93. The SMILES string of the molecule is CCCCCCCCN(C)c1ncnc2c1ncn2[C@@H]1O[C@@H]2COP(=O)(O)O[C@H]2[C@H]1O. The number of fused-ring (bicyclic) bond motifs is 2. The minimum absolute atomic E-state index is 0.139. The van der Waals surface area contributed by atoms with Crippen LogP contribution in [0.3, 0.4) is 0 Å². The van der Waals surface area contributed by atoms with E-state index in [0.29, 0.717) is 17.0 Å². The molecule has 0 bridgehead atoms. The number of rotatable bonds is 9. The Kier molecular flexibility index (Phi) is 6.90. The second-order valence-corrected chi connectivity index (χ2v) is 9.51. The van der Waals surface area contributed by atoms with Crippen LogP contribution < -0.4 is 4.90 Å². The van der Waals surface area contributed by atoms with E-state index in [1.807, 2.05) is 7.05 Å². The Labute approximate surface area is 181 Å². The smallest absolute Gasteiger partial charge is 0.386 e. The Morgan fingerprint density at radius 3 is 2.81 bits per heavy atom. The van der Waals surface area contributed by atoms with Crippen LogP contribution >= 0.6 is 7.82 Å². The van der Waals surface area contributed by atoms with Crippen molar-refractivity contribution in [3.63, 3.8) is 0 Å². The highest BCUT2D eigenvalue weighted by Gasteiger charge is 2.52. The normalized spacial score (nSPS) is 30.6. The van der Waals surface area contributed by atoms with Crippen LogP contribution in [-0.4, -0.2) is 68.0 Å². The van der Waals surface area contributed by atoms with E-state index in [0.717, 1.165) is 13.0 Å². The lowest BCUT2D eigenvalue weighted by atomic mass is 10.1. The molecule has 0 aliphatic carbocycles. The van der Waals surface area contributed by atoms with Gasteiger partial charge in [0, 0.05) is 13.6 Å². The highest BCUT2D eigenvalue weighted by molar-refractivity contribution is 7.47. The Morgan fingerprint density at radius 1 is 1.23 bits per heavy atom. The number of anilines is 1. The van der Waals surface area contributed by atoms with Crippen molar-refractivity contribution in [2.45, 2.75) is 70.0 Å². The lowest BCUT2D eigenvalue weighted by Crippen LogP contribution is -2.39. The molecule has 11 nitrogen and oxygen atoms in total. The average molecular weight is 455 g/mol. The molecule has 0 saturated carbocycles. The van der Waals surface area contributed by atoms with E-state index < -0.39 is 32.4 Å². The number of ether oxygens (including phenoxy) is 1. The molecule has 12 heteroatoms. The molecule has 1 unspecified atom stereocenters. The maximum atomic E-state index is 11.7. The number of aliphatic hydroxyl groups excluding tert-OH is 1. The summed E-state index contributed by atoms with van der Waals surface area (Å²) in [5.74, 6) is 0.710. The fraction of sp³-hybridized carbons (Fsp3) is 0.737. The predicted octanol–water partition coefficient (Wildman–Crippen LogP) is 2.40. The molecular weight excluding hydrogens is 425 g/mol. The van der Waals surface area contributed by atoms with E-state index in [1.54, 1.807) is 4.57 Å². The number of phosphoric acid groups is 1. The van der Waals surface area contributed by atoms with Gasteiger partial charge in [0.25, 0.3) is 0 Å². The van der Waals surface area contributed by atoms with E-state index >= 15 is 0 Å². The van der Waals surface area contributed by atoms with Crippen LogP contribution in [0.5, 0.6) is 0 Å². The Bertz CT molecular complexity index is 942. The van der Waals surface area contributed by atoms with E-state index in [1.165, 1.54) is 44.8 Å². The molecule has 31 heavy (non-hydrogen) atoms. The minimum Gasteiger partial charge on any atom is -0.386 e. The number of imidazole rings is 1. The van der Waals surface area contributed by atoms with E-state index in [9.17, 15) is 14.6 Å². The molecule has 0 radical (unpaired) electrons. The summed E-state index contributed by atoms with van der Waals surface area (Å²) in [5.41, 5.74) is 1.11. The number of aliphatic hydroxyl groups is 1. The molecular formula is C19H30N5O6P. The first-order chi connectivity index (χ1) is 14.9. The maximum Gasteiger partial charge on any atom is 0.472 e. The zero-order chi connectivity index (χ0) is 22.0. The van der Waals surface area contributed by atoms with Crippen LogP contribution in [0.15, 0.2) is 12.7 Å². The highest BCUT2D eigenvalue weighted by atomic mass is 31.2. The van der Waals surface area contributed by atoms with Crippen LogP contribution in [0, 0.1) is 0 Å². The van der Waals surface area contributed by atoms with Gasteiger partial charge in [-0.2, -0.15) is 0 Å². The third-order valence-electron chi connectivity index (χ3n) is 5.79. The number of hydrogen-bond acceptors (Lipinski definition) is 9. The molecule has 5 atom stereocenters. The van der Waals surface area contributed by atoms with Crippen molar-refractivity contribution in [2.75, 3.05) is 25.1 Å². The van der Waals surface area contributed by atoms with E-state index in [4.69, 9.17) is 13.8 Å². The lowest BCUT2D eigenvalue weighted by molar-refractivity contribution is -0.0664. The van der Waals surface area contributed by atoms with Gasteiger partial charge >= 0.3 is 7.82 Å². The Hall–Kier alpha value is -1.62. The molecule has 4 rings (SSSR count). The predicted molar refractivity (Wildman–Crippen MR) is 113 cm³/mol. The molecule has 0 aromatic carbocycles. The molecule has 172 valence electrons. The maximum absolute atomic E-state index is 11.7. The second kappa shape index (κ2) is 9.48. The fourth-order valence-electron chi connectivity index (χ4n) is 4.11. The molecule has 2 aromatic rings. The van der Waals surface area contributed by atoms with Gasteiger partial charge in [-0.25, -0.2) is 19.5 Å². The summed E-state index contributed by atoms with van der Waals surface area (Å²) in [7, 11) is -2.21. The summed E-state index contributed by atoms with van der Waals surface area (Å²) >= 11 is 0. The number of phosphoric ester groups is 1. The van der Waals surface area contributed by atoms with Gasteiger partial charge in [-0.1, -0.05) is 39.0 Å². The van der Waals surface area contributed by atoms with Gasteiger partial charge < -0.3 is 19.6 Å². The summed E-state index contributed by atoms with van der Waals surface area (Å²) in [6, 6.07) is 0. The van der Waals surface area contributed by atoms with Crippen molar-refractivity contribution in [1.29, 1.82) is 0 Å². The van der Waals surface area contributed by atoms with Crippen LogP contribution in [-0.2, 0) is 18.3 Å². The molecule has 2 aliphatic heterocycles. The molecule has 2 N–H and O–H groups in total. The molecule has 0 amide bonds. The topological polar surface area (TPSA) is 132 Å². The summed E-state index contributed by atoms with van der Waals surface area (Å²) in [4.78, 5) is 24.8. The Morgan fingerprint density at radius 2 is 2.00 bits per heavy atom. The largest absolute Gasteiger partial charge is 0.472 e. The van der Waals surface area contributed by atoms with Crippen LogP contribution in [0.1, 0.15) is 51.7 Å². The van der Waals surface area contributed by atoms with Crippen molar-refractivity contribution in [2.24, 2.45) is 0 Å². The standard InChI is InChI=1S/C19H30N5O6P/c1-3-4-5-6-7-8-9-23(2)17-14-18(21-11-20-17)24(12-22-14)19-15(25)16-13(29-19)10-28-31(26,27)30-16/h11-13,15-16,19,25H,3-10H2,1-2H3,(H,26,27)/t13-,15-,16-,19-/m1/s1. The molecule has 0 spiro atoms. The van der Waals surface area contributed by atoms with Gasteiger partial charge in [0.1, 0.15) is 24.6 Å². The monoisotopic (exact) mass is 455 g/mol. The first-order valence-corrected chi connectivity index (χ1v) is 12.3. The lowest BCUT2D eigenvalue weighted by Gasteiger charge is -2.27. The van der Waals surface area contributed by atoms with Crippen molar-refractivity contribution in [3.05, 3.63) is 12.7 Å². The van der Waals surface area contributed by atoms with Crippen molar-refractivity contribution in [3.8, 4) is 0 Å². The molecule has 2 fully saturated rings. The van der Waals surface area contributed by atoms with Gasteiger partial charge in [0.15, 0.2) is 23.2 Å². The second-order valence-electron chi connectivity index (χ2n) is 8.10. The highest BCUT2D eigenvalue weighted by Crippen LogP contribution is 2.52. The summed E-state index contributed by atoms with van der Waals surface area (Å²) in [5, 5.41) is 10.7. The van der Waals surface area contributed by atoms with Gasteiger partial charge in [-0.3, -0.25) is 13.6 Å². The zero-order valence-electron chi connectivity index (χ0n) is 17.8. The van der Waals surface area contributed by atoms with Gasteiger partial charge in [-0.15, -0.1) is 0 Å². The van der Waals surface area contributed by atoms with Crippen LogP contribution in [0.2, 0.25) is 0 Å². The first kappa shape index (κ1) is 22.6. The molecule has 2 aliphatic rings. The van der Waals surface area contributed by atoms with E-state index in [2.05, 4.69) is 26.8 Å². The summed E-state index contributed by atoms with van der Waals surface area (Å²) in [6.07, 6.45) is 6.59. The number of nitrogens with zero attached hydrogens (tertiary/aromatic N) is 5. The number of hydrogen-bond donors (Lipinski definition) is 2. The molecule has 2 aromatic heterocycles. The van der Waals surface area contributed by atoms with Crippen LogP contribution in [0.25, 0.3) is 11.2 Å². The third-order valence-corrected chi connectivity index (χ3v) is 6.77. The Balaban J connectivity index is 1.47. The van der Waals surface area contributed by atoms with Gasteiger partial charge in [-0.05, 0) is 6.42 Å². The van der Waals surface area contributed by atoms with Crippen molar-refractivity contribution < 1.29 is 28.3 Å². The first-order valence-electron chi connectivity index (χ1n) is 10.8. The fourth-order valence-corrected chi connectivity index (χ4v) is 5.07. The van der Waals surface area contributed by atoms with Gasteiger partial charge in [0.05, 0.1) is 12.9 Å². The number of aromatic nitrogens is 4. The van der Waals surface area contributed by atoms with Crippen molar-refractivity contribution >= 4 is 24.8 Å². The third kappa shape index (κ3) is 4.76. The minimum atomic E-state index is -4.18.